The van der Waals surface area contributed by atoms with Gasteiger partial charge in [-0.3, -0.25) is 4.79 Å². The Morgan fingerprint density at radius 2 is 1.87 bits per heavy atom. The first-order valence-corrected chi connectivity index (χ1v) is 8.28. The second-order valence-corrected chi connectivity index (χ2v) is 6.29. The molecule has 1 aliphatic rings. The largest absolute Gasteiger partial charge is 0.349 e. The lowest BCUT2D eigenvalue weighted by Crippen LogP contribution is -2.28. The summed E-state index contributed by atoms with van der Waals surface area (Å²) in [5, 5.41) is 2.97. The molecule has 1 atom stereocenters. The maximum Gasteiger partial charge on any atom is 0.225 e. The highest BCUT2D eigenvalue weighted by Crippen LogP contribution is 2.24. The third-order valence-corrected chi connectivity index (χ3v) is 4.56. The number of amides is 1. The number of aryl methyl sites for hydroxylation is 2. The van der Waals surface area contributed by atoms with E-state index in [1.807, 2.05) is 6.92 Å². The van der Waals surface area contributed by atoms with Crippen LogP contribution in [0.25, 0.3) is 0 Å². The van der Waals surface area contributed by atoms with Gasteiger partial charge in [0.2, 0.25) is 5.91 Å². The van der Waals surface area contributed by atoms with E-state index in [2.05, 4.69) is 23.5 Å². The lowest BCUT2D eigenvalue weighted by molar-refractivity contribution is -0.121. The first-order valence-electron chi connectivity index (χ1n) is 8.28. The predicted octanol–water partition coefficient (Wildman–Crippen LogP) is 4.12. The standard InChI is InChI=1S/C20H22FNO/c1-14(16-11-10-15-6-2-3-7-17(15)12-16)22-20(23)13-18-8-4-5-9-19(18)21/h4-5,8-12,14H,2-3,6-7,13H2,1H3,(H,22,23)/t14-/m1/s1. The van der Waals surface area contributed by atoms with E-state index in [4.69, 9.17) is 0 Å². The third kappa shape index (κ3) is 3.79. The Hall–Kier alpha value is -2.16. The summed E-state index contributed by atoms with van der Waals surface area (Å²) in [4.78, 5) is 12.2. The molecule has 0 bridgehead atoms. The van der Waals surface area contributed by atoms with Crippen molar-refractivity contribution in [3.05, 3.63) is 70.5 Å². The highest BCUT2D eigenvalue weighted by molar-refractivity contribution is 5.79. The Kier molecular flexibility index (Phi) is 4.75. The van der Waals surface area contributed by atoms with Crippen molar-refractivity contribution in [2.24, 2.45) is 0 Å². The van der Waals surface area contributed by atoms with Crippen LogP contribution in [-0.2, 0) is 24.1 Å². The number of rotatable bonds is 4. The van der Waals surface area contributed by atoms with Crippen LogP contribution < -0.4 is 5.32 Å². The summed E-state index contributed by atoms with van der Waals surface area (Å²) in [7, 11) is 0. The molecule has 0 aliphatic heterocycles. The molecule has 0 saturated carbocycles. The second kappa shape index (κ2) is 6.95. The molecule has 0 fully saturated rings. The number of hydrogen-bond acceptors (Lipinski definition) is 1. The first-order chi connectivity index (χ1) is 11.1. The van der Waals surface area contributed by atoms with Crippen molar-refractivity contribution in [1.29, 1.82) is 0 Å². The molecule has 0 saturated heterocycles. The van der Waals surface area contributed by atoms with Gasteiger partial charge in [0.1, 0.15) is 5.82 Å². The Balaban J connectivity index is 1.65. The van der Waals surface area contributed by atoms with Crippen LogP contribution in [0.15, 0.2) is 42.5 Å². The number of carbonyl (C=O) groups is 1. The van der Waals surface area contributed by atoms with Gasteiger partial charge < -0.3 is 5.32 Å². The molecule has 120 valence electrons. The van der Waals surface area contributed by atoms with E-state index in [1.54, 1.807) is 18.2 Å². The minimum atomic E-state index is -0.330. The monoisotopic (exact) mass is 311 g/mol. The molecular weight excluding hydrogens is 289 g/mol. The highest BCUT2D eigenvalue weighted by atomic mass is 19.1. The number of halogens is 1. The molecule has 1 amide bonds. The molecule has 23 heavy (non-hydrogen) atoms. The Bertz CT molecular complexity index is 711. The van der Waals surface area contributed by atoms with Crippen LogP contribution >= 0.6 is 0 Å². The fourth-order valence-electron chi connectivity index (χ4n) is 3.21. The third-order valence-electron chi connectivity index (χ3n) is 4.56. The predicted molar refractivity (Wildman–Crippen MR) is 89.7 cm³/mol. The fraction of sp³-hybridized carbons (Fsp3) is 0.350. The number of hydrogen-bond donors (Lipinski definition) is 1. The average molecular weight is 311 g/mol. The molecule has 0 spiro atoms. The Morgan fingerprint density at radius 1 is 1.13 bits per heavy atom. The minimum absolute atomic E-state index is 0.0681. The van der Waals surface area contributed by atoms with Gasteiger partial charge in [-0.25, -0.2) is 4.39 Å². The van der Waals surface area contributed by atoms with Gasteiger partial charge in [0, 0.05) is 0 Å². The van der Waals surface area contributed by atoms with E-state index in [0.717, 1.165) is 18.4 Å². The van der Waals surface area contributed by atoms with Crippen LogP contribution in [0.1, 0.15) is 48.1 Å². The molecule has 0 aromatic heterocycles. The van der Waals surface area contributed by atoms with Crippen molar-refractivity contribution in [3.8, 4) is 0 Å². The summed E-state index contributed by atoms with van der Waals surface area (Å²) < 4.78 is 13.6. The van der Waals surface area contributed by atoms with E-state index < -0.39 is 0 Å². The molecule has 2 aromatic rings. The Morgan fingerprint density at radius 3 is 2.65 bits per heavy atom. The lowest BCUT2D eigenvalue weighted by Gasteiger charge is -2.20. The first kappa shape index (κ1) is 15.7. The van der Waals surface area contributed by atoms with Crippen LogP contribution in [0, 0.1) is 5.82 Å². The average Bonchev–Trinajstić information content (AvgIpc) is 2.56. The van der Waals surface area contributed by atoms with Crippen molar-refractivity contribution in [2.45, 2.75) is 45.1 Å². The van der Waals surface area contributed by atoms with E-state index in [1.165, 1.54) is 30.0 Å². The summed E-state index contributed by atoms with van der Waals surface area (Å²) in [6.07, 6.45) is 4.86. The molecule has 2 nitrogen and oxygen atoms in total. The molecule has 3 rings (SSSR count). The summed E-state index contributed by atoms with van der Waals surface area (Å²) in [6.45, 7) is 1.98. The van der Waals surface area contributed by atoms with E-state index in [9.17, 15) is 9.18 Å². The molecule has 0 radical (unpaired) electrons. The quantitative estimate of drug-likeness (QED) is 0.904. The van der Waals surface area contributed by atoms with E-state index >= 15 is 0 Å². The topological polar surface area (TPSA) is 29.1 Å². The maximum absolute atomic E-state index is 13.6. The molecule has 0 unspecified atom stereocenters. The summed E-state index contributed by atoms with van der Waals surface area (Å²) in [6, 6.07) is 12.8. The SMILES string of the molecule is C[C@@H](NC(=O)Cc1ccccc1F)c1ccc2c(c1)CCCC2. The minimum Gasteiger partial charge on any atom is -0.349 e. The fourth-order valence-corrected chi connectivity index (χ4v) is 3.21. The van der Waals surface area contributed by atoms with Gasteiger partial charge in [-0.1, -0.05) is 36.4 Å². The van der Waals surface area contributed by atoms with Crippen molar-refractivity contribution < 1.29 is 9.18 Å². The van der Waals surface area contributed by atoms with Crippen molar-refractivity contribution in [1.82, 2.24) is 5.32 Å². The summed E-state index contributed by atoms with van der Waals surface area (Å²) in [5.74, 6) is -0.482. The van der Waals surface area contributed by atoms with E-state index in [-0.39, 0.29) is 24.2 Å². The number of carbonyl (C=O) groups excluding carboxylic acids is 1. The van der Waals surface area contributed by atoms with Crippen LogP contribution in [-0.4, -0.2) is 5.91 Å². The number of benzene rings is 2. The number of nitrogens with one attached hydrogen (secondary N) is 1. The zero-order chi connectivity index (χ0) is 16.2. The van der Waals surface area contributed by atoms with Crippen molar-refractivity contribution in [3.63, 3.8) is 0 Å². The van der Waals surface area contributed by atoms with Crippen LogP contribution in [0.3, 0.4) is 0 Å². The van der Waals surface area contributed by atoms with Gasteiger partial charge in [-0.05, 0) is 60.9 Å². The zero-order valence-electron chi connectivity index (χ0n) is 13.4. The molecule has 1 N–H and O–H groups in total. The molecule has 0 heterocycles. The molecule has 3 heteroatoms. The maximum atomic E-state index is 13.6. The highest BCUT2D eigenvalue weighted by Gasteiger charge is 2.15. The Labute approximate surface area is 136 Å². The smallest absolute Gasteiger partial charge is 0.225 e. The van der Waals surface area contributed by atoms with Crippen LogP contribution in [0.2, 0.25) is 0 Å². The van der Waals surface area contributed by atoms with Crippen molar-refractivity contribution in [2.75, 3.05) is 0 Å². The van der Waals surface area contributed by atoms with Crippen LogP contribution in [0.5, 0.6) is 0 Å². The normalized spacial score (nSPS) is 14.9. The van der Waals surface area contributed by atoms with E-state index in [0.29, 0.717) is 5.56 Å². The molecule has 2 aromatic carbocycles. The summed E-state index contributed by atoms with van der Waals surface area (Å²) in [5.41, 5.74) is 4.39. The zero-order valence-corrected chi connectivity index (χ0v) is 13.4. The van der Waals surface area contributed by atoms with Gasteiger partial charge in [-0.2, -0.15) is 0 Å². The van der Waals surface area contributed by atoms with Gasteiger partial charge >= 0.3 is 0 Å². The van der Waals surface area contributed by atoms with Gasteiger partial charge in [0.15, 0.2) is 0 Å². The lowest BCUT2D eigenvalue weighted by atomic mass is 9.89. The summed E-state index contributed by atoms with van der Waals surface area (Å²) >= 11 is 0. The number of fused-ring (bicyclic) bond motifs is 1. The second-order valence-electron chi connectivity index (χ2n) is 6.29. The van der Waals surface area contributed by atoms with Crippen LogP contribution in [0.4, 0.5) is 4.39 Å². The molecule has 1 aliphatic carbocycles. The van der Waals surface area contributed by atoms with Gasteiger partial charge in [-0.15, -0.1) is 0 Å². The molecular formula is C20H22FNO. The van der Waals surface area contributed by atoms with Crippen molar-refractivity contribution >= 4 is 5.91 Å². The van der Waals surface area contributed by atoms with Gasteiger partial charge in [0.25, 0.3) is 0 Å². The van der Waals surface area contributed by atoms with Gasteiger partial charge in [0.05, 0.1) is 12.5 Å².